The number of urea groups is 1. The Morgan fingerprint density at radius 3 is 2.40 bits per heavy atom. The Bertz CT molecular complexity index is 1030. The first-order valence-electron chi connectivity index (χ1n) is 8.80. The van der Waals surface area contributed by atoms with Crippen LogP contribution in [0, 0.1) is 0 Å². The maximum atomic E-state index is 13.0. The Morgan fingerprint density at radius 2 is 1.83 bits per heavy atom. The van der Waals surface area contributed by atoms with Gasteiger partial charge < -0.3 is 14.7 Å². The lowest BCUT2D eigenvalue weighted by molar-refractivity contribution is -0.274. The number of aromatic nitrogens is 1. The number of carboxylic acids is 1. The van der Waals surface area contributed by atoms with E-state index in [4.69, 9.17) is 0 Å². The molecule has 2 fully saturated rings. The fraction of sp³-hybridized carbons (Fsp3) is 0.263. The van der Waals surface area contributed by atoms with E-state index in [0.717, 1.165) is 23.2 Å². The van der Waals surface area contributed by atoms with Crippen LogP contribution in [0.4, 0.5) is 23.7 Å². The van der Waals surface area contributed by atoms with Gasteiger partial charge in [0.1, 0.15) is 11.3 Å². The van der Waals surface area contributed by atoms with Gasteiger partial charge in [-0.2, -0.15) is 0 Å². The highest BCUT2D eigenvalue weighted by molar-refractivity contribution is 6.24. The largest absolute Gasteiger partial charge is 0.573 e. The summed E-state index contributed by atoms with van der Waals surface area (Å²) in [5, 5.41) is 9.33. The molecule has 1 saturated heterocycles. The number of halogens is 3. The van der Waals surface area contributed by atoms with Gasteiger partial charge in [-0.15, -0.1) is 13.2 Å². The van der Waals surface area contributed by atoms with Gasteiger partial charge in [-0.25, -0.2) is 14.5 Å². The summed E-state index contributed by atoms with van der Waals surface area (Å²) in [6.07, 6.45) is -1.48. The Kier molecular flexibility index (Phi) is 4.40. The molecule has 1 saturated carbocycles. The number of benzene rings is 1. The van der Waals surface area contributed by atoms with Crippen molar-refractivity contribution < 1.29 is 37.4 Å². The molecule has 4 rings (SSSR count). The molecule has 1 aliphatic carbocycles. The van der Waals surface area contributed by atoms with Crippen LogP contribution in [-0.2, 0) is 11.3 Å². The number of imide groups is 1. The number of carbonyl (C=O) groups is 3. The van der Waals surface area contributed by atoms with Gasteiger partial charge in [-0.3, -0.25) is 9.78 Å². The fourth-order valence-corrected chi connectivity index (χ4v) is 3.48. The third-order valence-electron chi connectivity index (χ3n) is 5.06. The maximum absolute atomic E-state index is 13.0. The number of pyridine rings is 1. The van der Waals surface area contributed by atoms with Crippen molar-refractivity contribution in [1.29, 1.82) is 0 Å². The first-order chi connectivity index (χ1) is 14.1. The molecule has 8 nitrogen and oxygen atoms in total. The lowest BCUT2D eigenvalue weighted by Gasteiger charge is -2.22. The number of alkyl halides is 3. The average molecular weight is 421 g/mol. The van der Waals surface area contributed by atoms with Crippen LogP contribution in [0.1, 0.15) is 28.8 Å². The smallest absolute Gasteiger partial charge is 0.478 e. The number of carboxylic acid groups (broad SMARTS) is 1. The zero-order valence-corrected chi connectivity index (χ0v) is 15.2. The van der Waals surface area contributed by atoms with E-state index < -0.39 is 35.6 Å². The monoisotopic (exact) mass is 421 g/mol. The molecular weight excluding hydrogens is 407 g/mol. The van der Waals surface area contributed by atoms with Gasteiger partial charge in [0, 0.05) is 18.9 Å². The van der Waals surface area contributed by atoms with E-state index in [0.29, 0.717) is 18.4 Å². The van der Waals surface area contributed by atoms with Crippen LogP contribution in [0.3, 0.4) is 0 Å². The van der Waals surface area contributed by atoms with E-state index in [1.54, 1.807) is 0 Å². The molecule has 1 spiro atoms. The first-order valence-corrected chi connectivity index (χ1v) is 8.80. The normalized spacial score (nSPS) is 17.6. The van der Waals surface area contributed by atoms with Crippen LogP contribution in [0.2, 0.25) is 0 Å². The summed E-state index contributed by atoms with van der Waals surface area (Å²) in [4.78, 5) is 43.4. The second-order valence-corrected chi connectivity index (χ2v) is 6.92. The second kappa shape index (κ2) is 6.71. The number of carbonyl (C=O) groups excluding carboxylic acids is 2. The van der Waals surface area contributed by atoms with E-state index in [2.05, 4.69) is 9.72 Å². The number of hydrogen-bond acceptors (Lipinski definition) is 5. The summed E-state index contributed by atoms with van der Waals surface area (Å²) < 4.78 is 40.8. The summed E-state index contributed by atoms with van der Waals surface area (Å²) in [5.41, 5.74) is -0.736. The van der Waals surface area contributed by atoms with Crippen LogP contribution in [0.5, 0.6) is 5.75 Å². The van der Waals surface area contributed by atoms with Gasteiger partial charge in [0.15, 0.2) is 0 Å². The lowest BCUT2D eigenvalue weighted by Crippen LogP contribution is -2.37. The van der Waals surface area contributed by atoms with Crippen molar-refractivity contribution in [2.45, 2.75) is 31.3 Å². The number of rotatable bonds is 5. The molecule has 2 aliphatic rings. The topological polar surface area (TPSA) is 100 Å². The maximum Gasteiger partial charge on any atom is 0.573 e. The number of anilines is 1. The highest BCUT2D eigenvalue weighted by Gasteiger charge is 2.65. The molecule has 2 aromatic rings. The molecule has 2 heterocycles. The Balaban J connectivity index is 1.62. The van der Waals surface area contributed by atoms with Crippen LogP contribution in [0.25, 0.3) is 0 Å². The lowest BCUT2D eigenvalue weighted by atomic mass is 10.1. The van der Waals surface area contributed by atoms with Crippen molar-refractivity contribution in [3.05, 3.63) is 53.9 Å². The van der Waals surface area contributed by atoms with Gasteiger partial charge in [0.25, 0.3) is 5.91 Å². The van der Waals surface area contributed by atoms with Gasteiger partial charge >= 0.3 is 18.4 Å². The molecule has 0 atom stereocenters. The molecule has 0 unspecified atom stereocenters. The molecule has 1 aromatic heterocycles. The van der Waals surface area contributed by atoms with Crippen LogP contribution >= 0.6 is 0 Å². The van der Waals surface area contributed by atoms with Crippen molar-refractivity contribution in [3.8, 4) is 5.75 Å². The molecule has 1 aliphatic heterocycles. The summed E-state index contributed by atoms with van der Waals surface area (Å²) >= 11 is 0. The first kappa shape index (κ1) is 19.7. The number of amides is 3. The minimum atomic E-state index is -4.86. The number of aromatic carboxylic acids is 1. The van der Waals surface area contributed by atoms with Crippen LogP contribution in [-0.4, -0.2) is 44.8 Å². The minimum Gasteiger partial charge on any atom is -0.478 e. The van der Waals surface area contributed by atoms with Gasteiger partial charge in [-0.05, 0) is 48.7 Å². The predicted molar refractivity (Wildman–Crippen MR) is 94.7 cm³/mol. The van der Waals surface area contributed by atoms with Crippen molar-refractivity contribution in [3.63, 3.8) is 0 Å². The zero-order valence-electron chi connectivity index (χ0n) is 15.2. The number of nitrogens with zero attached hydrogens (tertiary/aromatic N) is 3. The summed E-state index contributed by atoms with van der Waals surface area (Å²) in [5.74, 6) is -2.19. The van der Waals surface area contributed by atoms with E-state index in [9.17, 15) is 32.7 Å². The third kappa shape index (κ3) is 3.31. The van der Waals surface area contributed by atoms with Crippen molar-refractivity contribution in [2.75, 3.05) is 4.90 Å². The summed E-state index contributed by atoms with van der Waals surface area (Å²) in [7, 11) is 0. The SMILES string of the molecule is O=C(O)c1cnccc1CN1C(=O)N(c2ccc(OC(F)(F)F)cc2)C(=O)C12CC2. The van der Waals surface area contributed by atoms with Gasteiger partial charge in [-0.1, -0.05) is 0 Å². The van der Waals surface area contributed by atoms with Crippen LogP contribution in [0.15, 0.2) is 42.7 Å². The molecule has 11 heteroatoms. The average Bonchev–Trinajstić information content (AvgIpc) is 3.45. The predicted octanol–water partition coefficient (Wildman–Crippen LogP) is 3.18. The molecule has 3 amide bonds. The standard InChI is InChI=1S/C19H14F3N3O5/c20-19(21,22)30-13-3-1-12(2-4-13)25-16(28)18(6-7-18)24(17(25)29)10-11-5-8-23-9-14(11)15(26)27/h1-5,8-9H,6-7,10H2,(H,26,27). The molecular formula is C19H14F3N3O5. The van der Waals surface area contributed by atoms with Crippen molar-refractivity contribution >= 4 is 23.6 Å². The van der Waals surface area contributed by atoms with Crippen molar-refractivity contribution in [2.24, 2.45) is 0 Å². The van der Waals surface area contributed by atoms with Gasteiger partial charge in [0.05, 0.1) is 11.3 Å². The van der Waals surface area contributed by atoms with E-state index in [1.807, 2.05) is 0 Å². The Labute approximate surface area is 167 Å². The van der Waals surface area contributed by atoms with E-state index in [1.165, 1.54) is 29.3 Å². The quantitative estimate of drug-likeness (QED) is 0.745. The highest BCUT2D eigenvalue weighted by Crippen LogP contribution is 2.50. The van der Waals surface area contributed by atoms with E-state index in [-0.39, 0.29) is 17.8 Å². The summed E-state index contributed by atoms with van der Waals surface area (Å²) in [6.45, 7) is -0.111. The molecule has 1 aromatic carbocycles. The second-order valence-electron chi connectivity index (χ2n) is 6.92. The van der Waals surface area contributed by atoms with Gasteiger partial charge in [0.2, 0.25) is 0 Å². The minimum absolute atomic E-state index is 0.0827. The number of hydrogen-bond donors (Lipinski definition) is 1. The Hall–Kier alpha value is -3.63. The summed E-state index contributed by atoms with van der Waals surface area (Å²) in [6, 6.07) is 5.18. The zero-order chi connectivity index (χ0) is 21.7. The fourth-order valence-electron chi connectivity index (χ4n) is 3.48. The molecule has 156 valence electrons. The third-order valence-corrected chi connectivity index (χ3v) is 5.06. The number of ether oxygens (including phenoxy) is 1. The Morgan fingerprint density at radius 1 is 1.17 bits per heavy atom. The van der Waals surface area contributed by atoms with Crippen LogP contribution < -0.4 is 9.64 Å². The molecule has 1 N–H and O–H groups in total. The molecule has 0 bridgehead atoms. The van der Waals surface area contributed by atoms with Crippen molar-refractivity contribution in [1.82, 2.24) is 9.88 Å². The highest BCUT2D eigenvalue weighted by atomic mass is 19.4. The van der Waals surface area contributed by atoms with E-state index >= 15 is 0 Å². The molecule has 30 heavy (non-hydrogen) atoms. The molecule has 0 radical (unpaired) electrons.